The van der Waals surface area contributed by atoms with Crippen LogP contribution in [-0.4, -0.2) is 70.1 Å². The molecule has 1 aromatic heterocycles. The van der Waals surface area contributed by atoms with Crippen LogP contribution in [0.3, 0.4) is 0 Å². The van der Waals surface area contributed by atoms with Crippen LogP contribution in [0.25, 0.3) is 0 Å². The van der Waals surface area contributed by atoms with Crippen LogP contribution in [0.1, 0.15) is 31.9 Å². The maximum Gasteiger partial charge on any atom is 0.310 e. The second-order valence-electron chi connectivity index (χ2n) is 6.98. The molecular formula is C18H24N4O5. The number of nitrogens with zero attached hydrogens (tertiary/aromatic N) is 3. The molecule has 0 radical (unpaired) electrons. The van der Waals surface area contributed by atoms with Crippen molar-refractivity contribution in [2.24, 2.45) is 5.92 Å². The van der Waals surface area contributed by atoms with E-state index in [9.17, 15) is 19.2 Å². The van der Waals surface area contributed by atoms with Crippen molar-refractivity contribution in [3.05, 3.63) is 28.2 Å². The molecule has 27 heavy (non-hydrogen) atoms. The number of esters is 1. The molecule has 0 saturated carbocycles. The van der Waals surface area contributed by atoms with Crippen LogP contribution in [0.2, 0.25) is 0 Å². The zero-order valence-electron chi connectivity index (χ0n) is 15.5. The van der Waals surface area contributed by atoms with Crippen LogP contribution >= 0.6 is 0 Å². The largest absolute Gasteiger partial charge is 0.469 e. The topological polar surface area (TPSA) is 113 Å². The summed E-state index contributed by atoms with van der Waals surface area (Å²) in [5.74, 6) is -0.897. The van der Waals surface area contributed by atoms with Crippen LogP contribution in [0.5, 0.6) is 0 Å². The van der Waals surface area contributed by atoms with Crippen molar-refractivity contribution >= 4 is 17.8 Å². The molecule has 146 valence electrons. The van der Waals surface area contributed by atoms with E-state index < -0.39 is 0 Å². The Kier molecular flexibility index (Phi) is 5.57. The number of aromatic nitrogens is 2. The van der Waals surface area contributed by atoms with Gasteiger partial charge in [-0.2, -0.15) is 5.10 Å². The number of methoxy groups -OCH3 is 1. The van der Waals surface area contributed by atoms with Crippen LogP contribution in [0.15, 0.2) is 16.9 Å². The highest BCUT2D eigenvalue weighted by Gasteiger charge is 2.49. The first-order chi connectivity index (χ1) is 12.9. The lowest BCUT2D eigenvalue weighted by molar-refractivity contribution is -0.150. The Labute approximate surface area is 156 Å². The van der Waals surface area contributed by atoms with E-state index in [1.165, 1.54) is 13.2 Å². The highest BCUT2D eigenvalue weighted by Crippen LogP contribution is 2.35. The fourth-order valence-electron chi connectivity index (χ4n) is 4.12. The van der Waals surface area contributed by atoms with E-state index in [2.05, 4.69) is 10.2 Å². The lowest BCUT2D eigenvalue weighted by atomic mass is 9.97. The van der Waals surface area contributed by atoms with Gasteiger partial charge in [-0.1, -0.05) is 6.92 Å². The molecule has 1 aromatic rings. The molecule has 1 N–H and O–H groups in total. The highest BCUT2D eigenvalue weighted by molar-refractivity contribution is 5.88. The number of nitrogens with one attached hydrogen (secondary N) is 1. The fraction of sp³-hybridized carbons (Fsp3) is 0.611. The SMILES string of the molecule is CC[C@H]1[C@@H](C(=O)OC)C[C@H]2CN(C(=O)CCc3ccc(=O)[nH]n3)CC(=O)N21. The summed E-state index contributed by atoms with van der Waals surface area (Å²) < 4.78 is 4.89. The van der Waals surface area contributed by atoms with Gasteiger partial charge in [0.15, 0.2) is 0 Å². The molecule has 0 aromatic carbocycles. The molecule has 2 amide bonds. The second-order valence-corrected chi connectivity index (χ2v) is 6.98. The van der Waals surface area contributed by atoms with Crippen molar-refractivity contribution < 1.29 is 19.1 Å². The molecule has 3 heterocycles. The number of ether oxygens (including phenoxy) is 1. The number of carbonyl (C=O) groups is 3. The lowest BCUT2D eigenvalue weighted by Gasteiger charge is -2.39. The molecule has 3 rings (SSSR count). The van der Waals surface area contributed by atoms with E-state index in [0.717, 1.165) is 0 Å². The smallest absolute Gasteiger partial charge is 0.310 e. The summed E-state index contributed by atoms with van der Waals surface area (Å²) in [6.45, 7) is 2.40. The molecule has 0 unspecified atom stereocenters. The normalized spacial score (nSPS) is 24.7. The zero-order chi connectivity index (χ0) is 19.6. The Bertz CT molecular complexity index is 772. The average molecular weight is 376 g/mol. The first-order valence-electron chi connectivity index (χ1n) is 9.16. The standard InChI is InChI=1S/C18H24N4O5/c1-3-14-13(18(26)27-2)8-12-9-21(10-17(25)22(12)14)16(24)7-5-11-4-6-15(23)20-19-11/h4,6,12-14H,3,5,7-10H2,1-2H3,(H,20,23)/t12-,13-,14-/m0/s1. The van der Waals surface area contributed by atoms with Crippen LogP contribution in [0.4, 0.5) is 0 Å². The Morgan fingerprint density at radius 3 is 2.74 bits per heavy atom. The van der Waals surface area contributed by atoms with Crippen molar-refractivity contribution in [2.45, 2.75) is 44.7 Å². The number of rotatable bonds is 5. The number of piperazine rings is 1. The average Bonchev–Trinajstić information content (AvgIpc) is 3.05. The van der Waals surface area contributed by atoms with Gasteiger partial charge in [-0.15, -0.1) is 0 Å². The maximum atomic E-state index is 12.7. The van der Waals surface area contributed by atoms with Gasteiger partial charge in [-0.25, -0.2) is 5.10 Å². The van der Waals surface area contributed by atoms with Gasteiger partial charge in [-0.05, 0) is 18.9 Å². The minimum atomic E-state index is -0.339. The third kappa shape index (κ3) is 3.86. The monoisotopic (exact) mass is 376 g/mol. The molecule has 9 heteroatoms. The molecule has 2 aliphatic heterocycles. The first-order valence-corrected chi connectivity index (χ1v) is 9.16. The minimum absolute atomic E-state index is 0.0266. The van der Waals surface area contributed by atoms with Gasteiger partial charge in [0.25, 0.3) is 5.56 Å². The maximum absolute atomic E-state index is 12.7. The van der Waals surface area contributed by atoms with Crippen molar-refractivity contribution in [1.29, 1.82) is 0 Å². The van der Waals surface area contributed by atoms with E-state index in [0.29, 0.717) is 31.5 Å². The number of H-pyrrole nitrogens is 1. The van der Waals surface area contributed by atoms with Gasteiger partial charge < -0.3 is 14.5 Å². The fourth-order valence-corrected chi connectivity index (χ4v) is 4.12. The van der Waals surface area contributed by atoms with Gasteiger partial charge in [0, 0.05) is 31.5 Å². The van der Waals surface area contributed by atoms with Crippen LogP contribution in [0, 0.1) is 5.92 Å². The first kappa shape index (κ1) is 19.1. The van der Waals surface area contributed by atoms with Crippen LogP contribution < -0.4 is 5.56 Å². The Balaban J connectivity index is 1.64. The highest BCUT2D eigenvalue weighted by atomic mass is 16.5. The Hall–Kier alpha value is -2.71. The molecule has 2 aliphatic rings. The van der Waals surface area contributed by atoms with Gasteiger partial charge in [0.05, 0.1) is 31.3 Å². The molecule has 0 aliphatic carbocycles. The molecule has 2 saturated heterocycles. The van der Waals surface area contributed by atoms with Gasteiger partial charge >= 0.3 is 5.97 Å². The number of amides is 2. The van der Waals surface area contributed by atoms with E-state index in [1.807, 2.05) is 6.92 Å². The van der Waals surface area contributed by atoms with E-state index in [-0.39, 0.29) is 54.3 Å². The molecular weight excluding hydrogens is 352 g/mol. The summed E-state index contributed by atoms with van der Waals surface area (Å²) in [6, 6.07) is 2.62. The molecule has 3 atom stereocenters. The van der Waals surface area contributed by atoms with Crippen molar-refractivity contribution in [3.63, 3.8) is 0 Å². The molecule has 0 spiro atoms. The molecule has 9 nitrogen and oxygen atoms in total. The number of hydrogen-bond acceptors (Lipinski definition) is 6. The van der Waals surface area contributed by atoms with E-state index >= 15 is 0 Å². The summed E-state index contributed by atoms with van der Waals surface area (Å²) in [4.78, 5) is 51.6. The summed E-state index contributed by atoms with van der Waals surface area (Å²) in [5.41, 5.74) is 0.323. The van der Waals surface area contributed by atoms with Crippen LogP contribution in [-0.2, 0) is 25.5 Å². The van der Waals surface area contributed by atoms with Gasteiger partial charge in [0.1, 0.15) is 0 Å². The summed E-state index contributed by atoms with van der Waals surface area (Å²) in [7, 11) is 1.36. The zero-order valence-corrected chi connectivity index (χ0v) is 15.5. The van der Waals surface area contributed by atoms with Gasteiger partial charge in [0.2, 0.25) is 11.8 Å². The summed E-state index contributed by atoms with van der Waals surface area (Å²) in [5, 5.41) is 6.23. The number of aromatic amines is 1. The second kappa shape index (κ2) is 7.89. The Morgan fingerprint density at radius 1 is 1.33 bits per heavy atom. The summed E-state index contributed by atoms with van der Waals surface area (Å²) >= 11 is 0. The molecule has 0 bridgehead atoms. The molecule has 2 fully saturated rings. The third-order valence-corrected chi connectivity index (χ3v) is 5.39. The van der Waals surface area contributed by atoms with Crippen molar-refractivity contribution in [3.8, 4) is 0 Å². The predicted molar refractivity (Wildman–Crippen MR) is 94.6 cm³/mol. The van der Waals surface area contributed by atoms with Crippen molar-refractivity contribution in [2.75, 3.05) is 20.2 Å². The number of aryl methyl sites for hydroxylation is 1. The minimum Gasteiger partial charge on any atom is -0.469 e. The number of carbonyl (C=O) groups excluding carboxylic acids is 3. The predicted octanol–water partition coefficient (Wildman–Crippen LogP) is -0.287. The number of fused-ring (bicyclic) bond motifs is 1. The number of hydrogen-bond donors (Lipinski definition) is 1. The van der Waals surface area contributed by atoms with E-state index in [1.54, 1.807) is 15.9 Å². The Morgan fingerprint density at radius 2 is 2.11 bits per heavy atom. The van der Waals surface area contributed by atoms with Gasteiger partial charge in [-0.3, -0.25) is 19.2 Å². The quantitative estimate of drug-likeness (QED) is 0.707. The third-order valence-electron chi connectivity index (χ3n) is 5.39. The van der Waals surface area contributed by atoms with E-state index in [4.69, 9.17) is 4.74 Å². The van der Waals surface area contributed by atoms with Crippen molar-refractivity contribution in [1.82, 2.24) is 20.0 Å². The lowest BCUT2D eigenvalue weighted by Crippen LogP contribution is -2.57. The summed E-state index contributed by atoms with van der Waals surface area (Å²) in [6.07, 6.45) is 1.78.